The summed E-state index contributed by atoms with van der Waals surface area (Å²) in [5.74, 6) is 1.36. The van der Waals surface area contributed by atoms with E-state index in [9.17, 15) is 0 Å². The summed E-state index contributed by atoms with van der Waals surface area (Å²) in [5.41, 5.74) is 1.01. The van der Waals surface area contributed by atoms with E-state index in [-0.39, 0.29) is 0 Å². The molecule has 108 valence electrons. The maximum absolute atomic E-state index is 6.13. The van der Waals surface area contributed by atoms with Crippen LogP contribution in [-0.2, 0) is 12.8 Å². The van der Waals surface area contributed by atoms with Crippen LogP contribution in [0, 0.1) is 0 Å². The summed E-state index contributed by atoms with van der Waals surface area (Å²) < 4.78 is 5.31. The van der Waals surface area contributed by atoms with Crippen LogP contribution in [0.2, 0.25) is 5.02 Å². The Morgan fingerprint density at radius 1 is 1.30 bits per heavy atom. The first-order chi connectivity index (χ1) is 9.72. The highest BCUT2D eigenvalue weighted by molar-refractivity contribution is 6.31. The van der Waals surface area contributed by atoms with E-state index in [1.807, 2.05) is 24.3 Å². The largest absolute Gasteiger partial charge is 0.339 e. The first-order valence-electron chi connectivity index (χ1n) is 7.01. The van der Waals surface area contributed by atoms with Gasteiger partial charge in [-0.15, -0.1) is 0 Å². The number of likely N-dealkylation sites (N-methyl/N-ethyl adjacent to an activating group) is 1. The standard InChI is InChI=1S/C15H20ClN3O/c1-3-12(17-4-2)10-15-18-14(19-20-15)9-11-7-5-6-8-13(11)16/h5-8,12,17H,3-4,9-10H2,1-2H3. The second-order valence-corrected chi connectivity index (χ2v) is 5.15. The summed E-state index contributed by atoms with van der Waals surface area (Å²) in [6.45, 7) is 5.19. The molecular formula is C15H20ClN3O. The Hall–Kier alpha value is -1.39. The molecule has 2 rings (SSSR count). The van der Waals surface area contributed by atoms with E-state index < -0.39 is 0 Å². The number of nitrogens with zero attached hydrogens (tertiary/aromatic N) is 2. The van der Waals surface area contributed by atoms with E-state index in [1.165, 1.54) is 0 Å². The van der Waals surface area contributed by atoms with Gasteiger partial charge in [0, 0.05) is 23.9 Å². The Balaban J connectivity index is 2.00. The van der Waals surface area contributed by atoms with Crippen LogP contribution in [0.5, 0.6) is 0 Å². The Bertz CT molecular complexity index is 541. The smallest absolute Gasteiger partial charge is 0.228 e. The van der Waals surface area contributed by atoms with Crippen LogP contribution in [0.15, 0.2) is 28.8 Å². The summed E-state index contributed by atoms with van der Waals surface area (Å²) in [6.07, 6.45) is 2.40. The summed E-state index contributed by atoms with van der Waals surface area (Å²) in [7, 11) is 0. The summed E-state index contributed by atoms with van der Waals surface area (Å²) in [5, 5.41) is 8.16. The minimum absolute atomic E-state index is 0.383. The molecule has 1 atom stereocenters. The predicted octanol–water partition coefficient (Wildman–Crippen LogP) is 3.24. The summed E-state index contributed by atoms with van der Waals surface area (Å²) >= 11 is 6.13. The minimum Gasteiger partial charge on any atom is -0.339 e. The normalized spacial score (nSPS) is 12.6. The van der Waals surface area contributed by atoms with Gasteiger partial charge in [-0.1, -0.05) is 48.8 Å². The maximum Gasteiger partial charge on any atom is 0.228 e. The van der Waals surface area contributed by atoms with Crippen molar-refractivity contribution >= 4 is 11.6 Å². The molecule has 0 saturated heterocycles. The number of nitrogens with one attached hydrogen (secondary N) is 1. The lowest BCUT2D eigenvalue weighted by Crippen LogP contribution is -2.30. The summed E-state index contributed by atoms with van der Waals surface area (Å²) in [4.78, 5) is 4.44. The van der Waals surface area contributed by atoms with Crippen LogP contribution < -0.4 is 5.32 Å². The number of aromatic nitrogens is 2. The molecule has 20 heavy (non-hydrogen) atoms. The molecule has 0 fully saturated rings. The Morgan fingerprint density at radius 3 is 2.80 bits per heavy atom. The first-order valence-corrected chi connectivity index (χ1v) is 7.39. The lowest BCUT2D eigenvalue weighted by Gasteiger charge is -2.12. The van der Waals surface area contributed by atoms with E-state index in [2.05, 4.69) is 29.3 Å². The lowest BCUT2D eigenvalue weighted by molar-refractivity contribution is 0.352. The molecule has 2 aromatic rings. The van der Waals surface area contributed by atoms with E-state index in [0.717, 1.165) is 30.0 Å². The van der Waals surface area contributed by atoms with Gasteiger partial charge < -0.3 is 9.84 Å². The second-order valence-electron chi connectivity index (χ2n) is 4.74. The van der Waals surface area contributed by atoms with Gasteiger partial charge in [0.25, 0.3) is 0 Å². The van der Waals surface area contributed by atoms with Gasteiger partial charge in [-0.3, -0.25) is 0 Å². The van der Waals surface area contributed by atoms with Crippen molar-refractivity contribution in [1.29, 1.82) is 0 Å². The Labute approximate surface area is 124 Å². The molecule has 1 unspecified atom stereocenters. The Kier molecular flexibility index (Phi) is 5.56. The molecule has 0 aliphatic rings. The molecular weight excluding hydrogens is 274 g/mol. The van der Waals surface area contributed by atoms with Gasteiger partial charge >= 0.3 is 0 Å². The predicted molar refractivity (Wildman–Crippen MR) is 80.0 cm³/mol. The van der Waals surface area contributed by atoms with Gasteiger partial charge in [-0.2, -0.15) is 4.98 Å². The molecule has 0 spiro atoms. The number of rotatable bonds is 7. The zero-order valence-electron chi connectivity index (χ0n) is 11.9. The van der Waals surface area contributed by atoms with Crippen molar-refractivity contribution in [3.8, 4) is 0 Å². The van der Waals surface area contributed by atoms with Crippen LogP contribution in [-0.4, -0.2) is 22.7 Å². The fourth-order valence-corrected chi connectivity index (χ4v) is 2.32. The first kappa shape index (κ1) is 15.0. The molecule has 0 radical (unpaired) electrons. The van der Waals surface area contributed by atoms with E-state index >= 15 is 0 Å². The molecule has 0 saturated carbocycles. The van der Waals surface area contributed by atoms with Crippen molar-refractivity contribution in [2.24, 2.45) is 0 Å². The maximum atomic E-state index is 6.13. The molecule has 5 heteroatoms. The van der Waals surface area contributed by atoms with Crippen molar-refractivity contribution in [3.05, 3.63) is 46.6 Å². The van der Waals surface area contributed by atoms with E-state index in [4.69, 9.17) is 16.1 Å². The van der Waals surface area contributed by atoms with Gasteiger partial charge in [0.15, 0.2) is 5.82 Å². The van der Waals surface area contributed by atoms with Gasteiger partial charge in [-0.25, -0.2) is 0 Å². The number of hydrogen-bond acceptors (Lipinski definition) is 4. The van der Waals surface area contributed by atoms with Crippen molar-refractivity contribution in [2.45, 2.75) is 39.2 Å². The third-order valence-corrected chi connectivity index (χ3v) is 3.59. The molecule has 0 aliphatic heterocycles. The van der Waals surface area contributed by atoms with Crippen molar-refractivity contribution in [1.82, 2.24) is 15.5 Å². The van der Waals surface area contributed by atoms with E-state index in [1.54, 1.807) is 0 Å². The molecule has 0 aliphatic carbocycles. The summed E-state index contributed by atoms with van der Waals surface area (Å²) in [6, 6.07) is 8.10. The quantitative estimate of drug-likeness (QED) is 0.851. The molecule has 0 bridgehead atoms. The van der Waals surface area contributed by atoms with Crippen LogP contribution >= 0.6 is 11.6 Å². The molecule has 1 aromatic carbocycles. The number of benzene rings is 1. The van der Waals surface area contributed by atoms with Gasteiger partial charge in [0.2, 0.25) is 5.89 Å². The molecule has 1 aromatic heterocycles. The third-order valence-electron chi connectivity index (χ3n) is 3.22. The molecule has 1 heterocycles. The fraction of sp³-hybridized carbons (Fsp3) is 0.467. The van der Waals surface area contributed by atoms with Crippen LogP contribution in [0.4, 0.5) is 0 Å². The molecule has 1 N–H and O–H groups in total. The van der Waals surface area contributed by atoms with Gasteiger partial charge in [-0.05, 0) is 24.6 Å². The number of hydrogen-bond donors (Lipinski definition) is 1. The zero-order valence-corrected chi connectivity index (χ0v) is 12.7. The van der Waals surface area contributed by atoms with Crippen LogP contribution in [0.3, 0.4) is 0 Å². The second kappa shape index (κ2) is 7.41. The third kappa shape index (κ3) is 4.05. The van der Waals surface area contributed by atoms with Crippen LogP contribution in [0.1, 0.15) is 37.5 Å². The van der Waals surface area contributed by atoms with Gasteiger partial charge in [0.05, 0.1) is 0 Å². The van der Waals surface area contributed by atoms with Gasteiger partial charge in [0.1, 0.15) is 0 Å². The number of halogens is 1. The molecule has 4 nitrogen and oxygen atoms in total. The highest BCUT2D eigenvalue weighted by Gasteiger charge is 2.13. The van der Waals surface area contributed by atoms with Crippen LogP contribution in [0.25, 0.3) is 0 Å². The minimum atomic E-state index is 0.383. The monoisotopic (exact) mass is 293 g/mol. The highest BCUT2D eigenvalue weighted by atomic mass is 35.5. The highest BCUT2D eigenvalue weighted by Crippen LogP contribution is 2.17. The van der Waals surface area contributed by atoms with Crippen molar-refractivity contribution < 1.29 is 4.52 Å². The average molecular weight is 294 g/mol. The Morgan fingerprint density at radius 2 is 2.10 bits per heavy atom. The van der Waals surface area contributed by atoms with Crippen molar-refractivity contribution in [3.63, 3.8) is 0 Å². The SMILES string of the molecule is CCNC(CC)Cc1nc(Cc2ccccc2Cl)no1. The fourth-order valence-electron chi connectivity index (χ4n) is 2.12. The molecule has 0 amide bonds. The zero-order chi connectivity index (χ0) is 14.4. The van der Waals surface area contributed by atoms with Crippen molar-refractivity contribution in [2.75, 3.05) is 6.54 Å². The average Bonchev–Trinajstić information content (AvgIpc) is 2.88. The van der Waals surface area contributed by atoms with E-state index in [0.29, 0.717) is 24.2 Å². The topological polar surface area (TPSA) is 51.0 Å². The lowest BCUT2D eigenvalue weighted by atomic mass is 10.1.